The summed E-state index contributed by atoms with van der Waals surface area (Å²) in [7, 11) is -3.13. The van der Waals surface area contributed by atoms with Gasteiger partial charge in [-0.15, -0.1) is 0 Å². The van der Waals surface area contributed by atoms with Crippen LogP contribution in [0.5, 0.6) is 5.88 Å². The number of oxazole rings is 1. The van der Waals surface area contributed by atoms with Gasteiger partial charge in [-0.25, -0.2) is 23.1 Å². The highest BCUT2D eigenvalue weighted by molar-refractivity contribution is 7.89. The van der Waals surface area contributed by atoms with Crippen molar-refractivity contribution < 1.29 is 27.5 Å². The van der Waals surface area contributed by atoms with Crippen molar-refractivity contribution in [2.75, 3.05) is 12.4 Å². The van der Waals surface area contributed by atoms with E-state index in [1.807, 2.05) is 22.9 Å². The quantitative estimate of drug-likeness (QED) is 0.237. The lowest BCUT2D eigenvalue weighted by atomic mass is 9.86. The van der Waals surface area contributed by atoms with E-state index < -0.39 is 26.7 Å². The first-order valence-corrected chi connectivity index (χ1v) is 13.1. The van der Waals surface area contributed by atoms with Crippen LogP contribution in [0, 0.1) is 11.3 Å². The van der Waals surface area contributed by atoms with Crippen LogP contribution in [0.15, 0.2) is 70.1 Å². The Hall–Kier alpha value is -4.19. The van der Waals surface area contributed by atoms with E-state index >= 15 is 0 Å². The van der Waals surface area contributed by atoms with Crippen LogP contribution in [0.1, 0.15) is 42.8 Å². The molecule has 3 aromatic rings. The minimum atomic E-state index is -4.38. The zero-order chi connectivity index (χ0) is 26.4. The highest BCUT2D eigenvalue weighted by Crippen LogP contribution is 2.27. The maximum absolute atomic E-state index is 13.0. The number of pyridine rings is 1. The molecule has 1 aliphatic rings. The summed E-state index contributed by atoms with van der Waals surface area (Å²) in [6.45, 7) is 0. The van der Waals surface area contributed by atoms with Crippen LogP contribution in [0.2, 0.25) is 0 Å². The molecule has 12 heteroatoms. The number of nitrogens with one attached hydrogen (secondary N) is 3. The lowest BCUT2D eigenvalue weighted by Crippen LogP contribution is -2.26. The van der Waals surface area contributed by atoms with E-state index in [2.05, 4.69) is 15.3 Å². The third-order valence-electron chi connectivity index (χ3n) is 5.89. The Morgan fingerprint density at radius 2 is 1.89 bits per heavy atom. The molecule has 1 amide bonds. The molecule has 1 aromatic carbocycles. The van der Waals surface area contributed by atoms with Crippen LogP contribution in [0.4, 0.5) is 5.69 Å². The molecule has 1 aliphatic carbocycles. The van der Waals surface area contributed by atoms with Crippen molar-refractivity contribution in [1.82, 2.24) is 14.7 Å². The Balaban J connectivity index is 1.50. The summed E-state index contributed by atoms with van der Waals surface area (Å²) >= 11 is 0. The summed E-state index contributed by atoms with van der Waals surface area (Å²) in [6.07, 6.45) is 8.48. The van der Waals surface area contributed by atoms with E-state index in [0.717, 1.165) is 49.8 Å². The largest absolute Gasteiger partial charge is 0.494 e. The number of aromatic nitrogens is 2. The summed E-state index contributed by atoms with van der Waals surface area (Å²) in [5, 5.41) is 20.9. The number of aliphatic hydroxyl groups is 1. The topological polar surface area (TPSA) is 167 Å². The van der Waals surface area contributed by atoms with E-state index in [0.29, 0.717) is 5.76 Å². The van der Waals surface area contributed by atoms with Crippen molar-refractivity contribution in [2.45, 2.75) is 37.0 Å². The van der Waals surface area contributed by atoms with Crippen molar-refractivity contribution in [3.8, 4) is 17.2 Å². The molecule has 194 valence electrons. The summed E-state index contributed by atoms with van der Waals surface area (Å²) < 4.78 is 38.6. The van der Waals surface area contributed by atoms with Gasteiger partial charge in [0.1, 0.15) is 0 Å². The van der Waals surface area contributed by atoms with Crippen LogP contribution >= 0.6 is 0 Å². The molecule has 0 atom stereocenters. The molecule has 2 aromatic heterocycles. The fraction of sp³-hybridized carbons (Fsp3) is 0.280. The molecular weight excluding hydrogens is 498 g/mol. The number of sulfonamides is 1. The number of anilines is 1. The number of allylic oxidation sites excluding steroid dienone is 1. The average molecular weight is 526 g/mol. The number of carbonyl (C=O) groups is 1. The first-order chi connectivity index (χ1) is 17.8. The fourth-order valence-electron chi connectivity index (χ4n) is 4.05. The standard InChI is InChI=1S/C25H27N5O6S/c1-35-24-21(37(33,34)30-22(31)13-19(26)16-8-4-2-5-9-16)12-18(14-27-24)29-23(32)25-28-15-20(36-25)17-10-6-3-7-11-17/h3,6-7,10-16,26,30-31H,2,4-5,8-9H2,1H3,(H,29,32)/b22-13-,26-19?. The molecule has 0 unspecified atom stereocenters. The number of aliphatic hydroxyl groups excluding tert-OH is 1. The van der Waals surface area contributed by atoms with Gasteiger partial charge >= 0.3 is 5.91 Å². The molecular formula is C25H27N5O6S. The third-order valence-corrected chi connectivity index (χ3v) is 7.24. The van der Waals surface area contributed by atoms with E-state index in [-0.39, 0.29) is 29.1 Å². The molecule has 1 fully saturated rings. The number of methoxy groups -OCH3 is 1. The average Bonchev–Trinajstić information content (AvgIpc) is 3.40. The van der Waals surface area contributed by atoms with Gasteiger partial charge < -0.3 is 25.0 Å². The van der Waals surface area contributed by atoms with Crippen LogP contribution in [0.25, 0.3) is 11.3 Å². The normalized spacial score (nSPS) is 14.7. The van der Waals surface area contributed by atoms with Gasteiger partial charge in [0.15, 0.2) is 16.5 Å². The second-order valence-corrected chi connectivity index (χ2v) is 10.2. The molecule has 11 nitrogen and oxygen atoms in total. The highest BCUT2D eigenvalue weighted by atomic mass is 32.2. The van der Waals surface area contributed by atoms with Gasteiger partial charge in [-0.1, -0.05) is 49.6 Å². The first kappa shape index (κ1) is 25.9. The predicted octanol–water partition coefficient (Wildman–Crippen LogP) is 4.28. The Kier molecular flexibility index (Phi) is 7.87. The molecule has 37 heavy (non-hydrogen) atoms. The Labute approximate surface area is 214 Å². The van der Waals surface area contributed by atoms with Crippen molar-refractivity contribution in [3.63, 3.8) is 0 Å². The Morgan fingerprint density at radius 1 is 1.16 bits per heavy atom. The van der Waals surface area contributed by atoms with E-state index in [1.165, 1.54) is 19.5 Å². The fourth-order valence-corrected chi connectivity index (χ4v) is 5.14. The molecule has 4 rings (SSSR count). The number of ether oxygens (including phenoxy) is 1. The zero-order valence-corrected chi connectivity index (χ0v) is 20.9. The second kappa shape index (κ2) is 11.2. The number of hydrogen-bond donors (Lipinski definition) is 4. The molecule has 1 saturated carbocycles. The van der Waals surface area contributed by atoms with E-state index in [4.69, 9.17) is 14.6 Å². The van der Waals surface area contributed by atoms with Gasteiger partial charge in [0.05, 0.1) is 25.2 Å². The summed E-state index contributed by atoms with van der Waals surface area (Å²) in [5.41, 5.74) is 0.930. The van der Waals surface area contributed by atoms with Crippen molar-refractivity contribution in [3.05, 3.63) is 66.6 Å². The lowest BCUT2D eigenvalue weighted by Gasteiger charge is -2.20. The van der Waals surface area contributed by atoms with Gasteiger partial charge in [0.2, 0.25) is 5.88 Å². The summed E-state index contributed by atoms with van der Waals surface area (Å²) in [4.78, 5) is 20.2. The Morgan fingerprint density at radius 3 is 2.59 bits per heavy atom. The van der Waals surface area contributed by atoms with E-state index in [9.17, 15) is 18.3 Å². The summed E-state index contributed by atoms with van der Waals surface area (Å²) in [6, 6.07) is 10.2. The van der Waals surface area contributed by atoms with Crippen molar-refractivity contribution in [1.29, 1.82) is 5.41 Å². The number of carbonyl (C=O) groups excluding carboxylic acids is 1. The molecule has 0 spiro atoms. The third kappa shape index (κ3) is 6.33. The number of amides is 1. The molecule has 2 heterocycles. The number of benzene rings is 1. The highest BCUT2D eigenvalue weighted by Gasteiger charge is 2.25. The number of rotatable bonds is 9. The number of nitrogens with zero attached hydrogens (tertiary/aromatic N) is 2. The molecule has 0 aliphatic heterocycles. The molecule has 0 saturated heterocycles. The monoisotopic (exact) mass is 525 g/mol. The first-order valence-electron chi connectivity index (χ1n) is 11.7. The maximum atomic E-state index is 13.0. The molecule has 0 bridgehead atoms. The van der Waals surface area contributed by atoms with Crippen LogP contribution in [-0.2, 0) is 10.0 Å². The minimum absolute atomic E-state index is 0.0206. The maximum Gasteiger partial charge on any atom is 0.311 e. The van der Waals surface area contributed by atoms with Crippen LogP contribution < -0.4 is 14.8 Å². The van der Waals surface area contributed by atoms with Gasteiger partial charge in [-0.2, -0.15) is 0 Å². The predicted molar refractivity (Wildman–Crippen MR) is 136 cm³/mol. The van der Waals surface area contributed by atoms with Gasteiger partial charge in [-0.3, -0.25) is 4.79 Å². The van der Waals surface area contributed by atoms with Crippen molar-refractivity contribution >= 4 is 27.3 Å². The van der Waals surface area contributed by atoms with Gasteiger partial charge in [0, 0.05) is 23.3 Å². The van der Waals surface area contributed by atoms with Gasteiger partial charge in [0.25, 0.3) is 15.9 Å². The molecule has 4 N–H and O–H groups in total. The smallest absolute Gasteiger partial charge is 0.311 e. The van der Waals surface area contributed by atoms with Crippen LogP contribution in [-0.4, -0.2) is 42.2 Å². The Bertz CT molecular complexity index is 1410. The second-order valence-electron chi connectivity index (χ2n) is 8.51. The zero-order valence-electron chi connectivity index (χ0n) is 20.1. The SMILES string of the molecule is COc1ncc(NC(=O)c2ncc(-c3ccccc3)o2)cc1S(=O)(=O)N/C(O)=C/C(=N)C1CCCCC1. The lowest BCUT2D eigenvalue weighted by molar-refractivity contribution is 0.0991. The molecule has 0 radical (unpaired) electrons. The minimum Gasteiger partial charge on any atom is -0.494 e. The van der Waals surface area contributed by atoms with Crippen LogP contribution in [0.3, 0.4) is 0 Å². The number of hydrogen-bond acceptors (Lipinski definition) is 9. The summed E-state index contributed by atoms with van der Waals surface area (Å²) in [5.74, 6) is -1.50. The van der Waals surface area contributed by atoms with E-state index in [1.54, 1.807) is 12.1 Å². The van der Waals surface area contributed by atoms with Gasteiger partial charge in [-0.05, 0) is 18.9 Å². The van der Waals surface area contributed by atoms with Crippen molar-refractivity contribution in [2.24, 2.45) is 5.92 Å².